The molecule has 6 heteroatoms. The summed E-state index contributed by atoms with van der Waals surface area (Å²) in [6.45, 7) is 6.76. The minimum Gasteiger partial charge on any atom is -0.370 e. The van der Waals surface area contributed by atoms with Gasteiger partial charge in [0, 0.05) is 19.2 Å². The molecule has 0 saturated heterocycles. The van der Waals surface area contributed by atoms with Crippen molar-refractivity contribution in [1.82, 2.24) is 25.0 Å². The number of anilines is 1. The molecule has 0 saturated carbocycles. The number of aromatic nitrogens is 5. The third kappa shape index (κ3) is 2.11. The van der Waals surface area contributed by atoms with Gasteiger partial charge in [-0.2, -0.15) is 0 Å². The van der Waals surface area contributed by atoms with Gasteiger partial charge in [-0.25, -0.2) is 14.6 Å². The fourth-order valence-corrected chi connectivity index (χ4v) is 1.72. The molecule has 0 atom stereocenters. The number of hydrogen-bond donors (Lipinski definition) is 1. The zero-order chi connectivity index (χ0) is 12.4. The molecule has 17 heavy (non-hydrogen) atoms. The minimum atomic E-state index is 0.739. The van der Waals surface area contributed by atoms with E-state index in [1.54, 1.807) is 10.9 Å². The van der Waals surface area contributed by atoms with Crippen LogP contribution in [0.3, 0.4) is 0 Å². The molecule has 6 nitrogen and oxygen atoms in total. The van der Waals surface area contributed by atoms with Gasteiger partial charge in [-0.3, -0.25) is 0 Å². The zero-order valence-electron chi connectivity index (χ0n) is 10.5. The Morgan fingerprint density at radius 1 is 1.29 bits per heavy atom. The highest BCUT2D eigenvalue weighted by atomic mass is 15.4. The first-order chi connectivity index (χ1) is 8.13. The van der Waals surface area contributed by atoms with Gasteiger partial charge in [-0.1, -0.05) is 5.21 Å². The van der Waals surface area contributed by atoms with E-state index in [1.165, 1.54) is 0 Å². The van der Waals surface area contributed by atoms with Crippen LogP contribution in [0.4, 0.5) is 5.82 Å². The topological polar surface area (TPSA) is 68.5 Å². The van der Waals surface area contributed by atoms with E-state index in [2.05, 4.69) is 25.6 Å². The van der Waals surface area contributed by atoms with Gasteiger partial charge in [0.25, 0.3) is 0 Å². The van der Waals surface area contributed by atoms with Crippen molar-refractivity contribution in [2.45, 2.75) is 20.8 Å². The molecule has 0 unspecified atom stereocenters. The van der Waals surface area contributed by atoms with Crippen LogP contribution in [0.5, 0.6) is 0 Å². The molecular weight excluding hydrogens is 216 g/mol. The van der Waals surface area contributed by atoms with E-state index in [9.17, 15) is 0 Å². The van der Waals surface area contributed by atoms with E-state index < -0.39 is 0 Å². The summed E-state index contributed by atoms with van der Waals surface area (Å²) in [7, 11) is 1.85. The van der Waals surface area contributed by atoms with Crippen molar-refractivity contribution in [2.75, 3.05) is 11.9 Å². The SMILES string of the molecule is CCNc1nc(C)nc(-c2cnnn2C)c1C. The minimum absolute atomic E-state index is 0.739. The van der Waals surface area contributed by atoms with Crippen molar-refractivity contribution in [3.63, 3.8) is 0 Å². The molecule has 0 aromatic carbocycles. The monoisotopic (exact) mass is 232 g/mol. The van der Waals surface area contributed by atoms with Gasteiger partial charge in [0.15, 0.2) is 0 Å². The van der Waals surface area contributed by atoms with Gasteiger partial charge in [0.1, 0.15) is 17.3 Å². The Kier molecular flexibility index (Phi) is 3.03. The second kappa shape index (κ2) is 4.48. The normalized spacial score (nSPS) is 10.6. The molecule has 2 aromatic heterocycles. The molecule has 0 radical (unpaired) electrons. The summed E-state index contributed by atoms with van der Waals surface area (Å²) < 4.78 is 1.71. The van der Waals surface area contributed by atoms with Gasteiger partial charge in [0.05, 0.1) is 11.9 Å². The maximum Gasteiger partial charge on any atom is 0.133 e. The molecule has 0 aliphatic rings. The lowest BCUT2D eigenvalue weighted by Gasteiger charge is -2.11. The first-order valence-corrected chi connectivity index (χ1v) is 5.57. The molecule has 0 bridgehead atoms. The van der Waals surface area contributed by atoms with Gasteiger partial charge < -0.3 is 5.32 Å². The van der Waals surface area contributed by atoms with Crippen molar-refractivity contribution in [3.05, 3.63) is 17.6 Å². The molecule has 90 valence electrons. The Morgan fingerprint density at radius 3 is 2.65 bits per heavy atom. The summed E-state index contributed by atoms with van der Waals surface area (Å²) in [5, 5.41) is 11.0. The fourth-order valence-electron chi connectivity index (χ4n) is 1.72. The Balaban J connectivity index is 2.58. The molecule has 1 N–H and O–H groups in total. The van der Waals surface area contributed by atoms with E-state index in [0.29, 0.717) is 0 Å². The van der Waals surface area contributed by atoms with Gasteiger partial charge in [-0.05, 0) is 20.8 Å². The van der Waals surface area contributed by atoms with Crippen LogP contribution >= 0.6 is 0 Å². The number of nitrogens with one attached hydrogen (secondary N) is 1. The smallest absolute Gasteiger partial charge is 0.133 e. The van der Waals surface area contributed by atoms with Crippen LogP contribution in [0.1, 0.15) is 18.3 Å². The van der Waals surface area contributed by atoms with Crippen molar-refractivity contribution in [1.29, 1.82) is 0 Å². The van der Waals surface area contributed by atoms with Crippen molar-refractivity contribution in [3.8, 4) is 11.4 Å². The first kappa shape index (κ1) is 11.5. The highest BCUT2D eigenvalue weighted by Crippen LogP contribution is 2.24. The summed E-state index contributed by atoms with van der Waals surface area (Å²) in [5.74, 6) is 1.61. The van der Waals surface area contributed by atoms with E-state index in [1.807, 2.05) is 27.8 Å². The van der Waals surface area contributed by atoms with Crippen molar-refractivity contribution in [2.24, 2.45) is 7.05 Å². The van der Waals surface area contributed by atoms with Gasteiger partial charge in [-0.15, -0.1) is 5.10 Å². The second-order valence-corrected chi connectivity index (χ2v) is 3.87. The van der Waals surface area contributed by atoms with E-state index in [4.69, 9.17) is 0 Å². The lowest BCUT2D eigenvalue weighted by molar-refractivity contribution is 0.718. The van der Waals surface area contributed by atoms with E-state index >= 15 is 0 Å². The summed E-state index contributed by atoms with van der Waals surface area (Å²) in [6.07, 6.45) is 1.71. The van der Waals surface area contributed by atoms with Gasteiger partial charge in [0.2, 0.25) is 0 Å². The summed E-state index contributed by atoms with van der Waals surface area (Å²) in [4.78, 5) is 8.86. The average molecular weight is 232 g/mol. The number of nitrogens with zero attached hydrogens (tertiary/aromatic N) is 5. The molecular formula is C11H16N6. The lowest BCUT2D eigenvalue weighted by atomic mass is 10.2. The largest absolute Gasteiger partial charge is 0.370 e. The van der Waals surface area contributed by atoms with Crippen molar-refractivity contribution >= 4 is 5.82 Å². The van der Waals surface area contributed by atoms with Crippen LogP contribution < -0.4 is 5.32 Å². The second-order valence-electron chi connectivity index (χ2n) is 3.87. The van der Waals surface area contributed by atoms with Crippen LogP contribution in [0.2, 0.25) is 0 Å². The first-order valence-electron chi connectivity index (χ1n) is 5.57. The highest BCUT2D eigenvalue weighted by Gasteiger charge is 2.13. The van der Waals surface area contributed by atoms with Crippen molar-refractivity contribution < 1.29 is 0 Å². The van der Waals surface area contributed by atoms with Gasteiger partial charge >= 0.3 is 0 Å². The third-order valence-electron chi connectivity index (χ3n) is 2.56. The Bertz CT molecular complexity index is 531. The third-order valence-corrected chi connectivity index (χ3v) is 2.56. The Hall–Kier alpha value is -1.98. The molecule has 0 fully saturated rings. The van der Waals surface area contributed by atoms with Crippen LogP contribution in [0.25, 0.3) is 11.4 Å². The lowest BCUT2D eigenvalue weighted by Crippen LogP contribution is -2.07. The molecule has 2 aromatic rings. The predicted molar refractivity (Wildman–Crippen MR) is 65.7 cm³/mol. The highest BCUT2D eigenvalue weighted by molar-refractivity contribution is 5.64. The standard InChI is InChI=1S/C11H16N6/c1-5-12-11-7(2)10(14-8(3)15-11)9-6-13-16-17(9)4/h6H,5H2,1-4H3,(H,12,14,15). The number of rotatable bonds is 3. The summed E-state index contributed by atoms with van der Waals surface area (Å²) >= 11 is 0. The summed E-state index contributed by atoms with van der Waals surface area (Å²) in [6, 6.07) is 0. The Morgan fingerprint density at radius 2 is 2.06 bits per heavy atom. The predicted octanol–water partition coefficient (Wildman–Crippen LogP) is 1.32. The van der Waals surface area contributed by atoms with E-state index in [0.717, 1.165) is 35.1 Å². The zero-order valence-corrected chi connectivity index (χ0v) is 10.5. The molecule has 0 aliphatic carbocycles. The van der Waals surface area contributed by atoms with Crippen LogP contribution in [-0.2, 0) is 7.05 Å². The Labute approximate surface area is 100 Å². The van der Waals surface area contributed by atoms with Crippen LogP contribution in [0, 0.1) is 13.8 Å². The van der Waals surface area contributed by atoms with Crippen LogP contribution in [-0.4, -0.2) is 31.5 Å². The quantitative estimate of drug-likeness (QED) is 0.864. The molecule has 0 amide bonds. The number of aryl methyl sites for hydroxylation is 2. The van der Waals surface area contributed by atoms with Crippen LogP contribution in [0.15, 0.2) is 6.20 Å². The van der Waals surface area contributed by atoms with E-state index in [-0.39, 0.29) is 0 Å². The fraction of sp³-hybridized carbons (Fsp3) is 0.455. The molecule has 0 aliphatic heterocycles. The molecule has 2 heterocycles. The summed E-state index contributed by atoms with van der Waals surface area (Å²) in [5.41, 5.74) is 2.79. The average Bonchev–Trinajstić information content (AvgIpc) is 2.70. The maximum atomic E-state index is 4.47. The molecule has 2 rings (SSSR count). The maximum absolute atomic E-state index is 4.47. The molecule has 0 spiro atoms. The number of hydrogen-bond acceptors (Lipinski definition) is 5.